The Labute approximate surface area is 196 Å². The van der Waals surface area contributed by atoms with E-state index in [1.54, 1.807) is 49.6 Å². The van der Waals surface area contributed by atoms with Crippen LogP contribution in [0.15, 0.2) is 69.6 Å². The topological polar surface area (TPSA) is 76.4 Å². The van der Waals surface area contributed by atoms with Gasteiger partial charge < -0.3 is 14.5 Å². The first kappa shape index (κ1) is 21.3. The van der Waals surface area contributed by atoms with Crippen LogP contribution in [0.3, 0.4) is 0 Å². The fourth-order valence-corrected chi connectivity index (χ4v) is 3.74. The standard InChI is InChI=1S/C22H15BrClN3O3S/c1-29-18-8-4-13(10-16(18)23)21-26-17-11-15(7-9-19(17)30-21)25-22(31)27-20(28)12-2-5-14(24)6-3-12/h2-11H,1H3,(H2,25,27,28,31). The number of fused-ring (bicyclic) bond motifs is 1. The first-order chi connectivity index (χ1) is 14.9. The highest BCUT2D eigenvalue weighted by atomic mass is 79.9. The number of thiocarbonyl (C=S) groups is 1. The molecule has 3 aromatic carbocycles. The zero-order valence-corrected chi connectivity index (χ0v) is 19.3. The van der Waals surface area contributed by atoms with Gasteiger partial charge in [0.1, 0.15) is 11.3 Å². The van der Waals surface area contributed by atoms with Crippen molar-refractivity contribution in [2.75, 3.05) is 12.4 Å². The monoisotopic (exact) mass is 515 g/mol. The maximum atomic E-state index is 12.3. The molecule has 156 valence electrons. The number of aromatic nitrogens is 1. The van der Waals surface area contributed by atoms with Crippen LogP contribution in [0.2, 0.25) is 5.02 Å². The van der Waals surface area contributed by atoms with E-state index < -0.39 is 0 Å². The Kier molecular flexibility index (Phi) is 6.22. The summed E-state index contributed by atoms with van der Waals surface area (Å²) < 4.78 is 11.9. The van der Waals surface area contributed by atoms with Crippen molar-refractivity contribution in [1.82, 2.24) is 10.3 Å². The Morgan fingerprint density at radius 3 is 2.61 bits per heavy atom. The zero-order chi connectivity index (χ0) is 22.0. The number of nitrogens with zero attached hydrogens (tertiary/aromatic N) is 1. The molecule has 4 aromatic rings. The summed E-state index contributed by atoms with van der Waals surface area (Å²) in [5.41, 5.74) is 3.21. The van der Waals surface area contributed by atoms with E-state index in [9.17, 15) is 4.79 Å². The third-order valence-corrected chi connectivity index (χ3v) is 5.45. The molecule has 0 aliphatic heterocycles. The highest BCUT2D eigenvalue weighted by molar-refractivity contribution is 9.10. The van der Waals surface area contributed by atoms with Crippen LogP contribution < -0.4 is 15.4 Å². The summed E-state index contributed by atoms with van der Waals surface area (Å²) in [4.78, 5) is 16.8. The lowest BCUT2D eigenvalue weighted by Gasteiger charge is -2.09. The van der Waals surface area contributed by atoms with Gasteiger partial charge in [-0.1, -0.05) is 11.6 Å². The lowest BCUT2D eigenvalue weighted by Crippen LogP contribution is -2.34. The molecule has 2 N–H and O–H groups in total. The normalized spacial score (nSPS) is 10.7. The minimum Gasteiger partial charge on any atom is -0.496 e. The van der Waals surface area contributed by atoms with Gasteiger partial charge in [0.05, 0.1) is 11.6 Å². The first-order valence-corrected chi connectivity index (χ1v) is 10.6. The third-order valence-electron chi connectivity index (χ3n) is 4.38. The number of carbonyl (C=O) groups is 1. The van der Waals surface area contributed by atoms with Gasteiger partial charge in [-0.2, -0.15) is 0 Å². The van der Waals surface area contributed by atoms with Crippen LogP contribution in [-0.2, 0) is 0 Å². The first-order valence-electron chi connectivity index (χ1n) is 9.05. The molecule has 0 saturated heterocycles. The molecule has 31 heavy (non-hydrogen) atoms. The van der Waals surface area contributed by atoms with Gasteiger partial charge in [0.15, 0.2) is 10.7 Å². The van der Waals surface area contributed by atoms with Crippen molar-refractivity contribution in [3.05, 3.63) is 75.7 Å². The molecule has 1 amide bonds. The molecule has 0 fully saturated rings. The van der Waals surface area contributed by atoms with Crippen molar-refractivity contribution in [1.29, 1.82) is 0 Å². The van der Waals surface area contributed by atoms with Crippen LogP contribution in [0.25, 0.3) is 22.6 Å². The molecule has 9 heteroatoms. The van der Waals surface area contributed by atoms with Gasteiger partial charge >= 0.3 is 0 Å². The third kappa shape index (κ3) is 4.87. The number of ether oxygens (including phenoxy) is 1. The number of hydrogen-bond acceptors (Lipinski definition) is 5. The van der Waals surface area contributed by atoms with Crippen LogP contribution >= 0.6 is 39.7 Å². The van der Waals surface area contributed by atoms with Crippen LogP contribution in [0.5, 0.6) is 5.75 Å². The Balaban J connectivity index is 1.49. The molecule has 1 heterocycles. The van der Waals surface area contributed by atoms with Crippen LogP contribution in [0, 0.1) is 0 Å². The number of anilines is 1. The van der Waals surface area contributed by atoms with Crippen molar-refractivity contribution in [2.45, 2.75) is 0 Å². The van der Waals surface area contributed by atoms with Gasteiger partial charge in [-0.3, -0.25) is 10.1 Å². The minimum absolute atomic E-state index is 0.169. The zero-order valence-electron chi connectivity index (χ0n) is 16.1. The fraction of sp³-hybridized carbons (Fsp3) is 0.0455. The van der Waals surface area contributed by atoms with Crippen molar-refractivity contribution >= 4 is 67.6 Å². The Hall–Kier alpha value is -2.94. The van der Waals surface area contributed by atoms with Crippen LogP contribution in [0.1, 0.15) is 10.4 Å². The summed E-state index contributed by atoms with van der Waals surface area (Å²) >= 11 is 14.6. The number of nitrogens with one attached hydrogen (secondary N) is 2. The molecule has 1 aromatic heterocycles. The molecule has 0 aliphatic rings. The molecular weight excluding hydrogens is 502 g/mol. The quantitative estimate of drug-likeness (QED) is 0.322. The van der Waals surface area contributed by atoms with Crippen LogP contribution in [0.4, 0.5) is 5.69 Å². The molecule has 0 unspecified atom stereocenters. The highest BCUT2D eigenvalue weighted by Crippen LogP contribution is 2.32. The minimum atomic E-state index is -0.330. The largest absolute Gasteiger partial charge is 0.496 e. The molecule has 0 atom stereocenters. The van der Waals surface area contributed by atoms with Crippen molar-refractivity contribution in [3.63, 3.8) is 0 Å². The summed E-state index contributed by atoms with van der Waals surface area (Å²) in [6.07, 6.45) is 0. The summed E-state index contributed by atoms with van der Waals surface area (Å²) in [6.45, 7) is 0. The lowest BCUT2D eigenvalue weighted by molar-refractivity contribution is 0.0977. The van der Waals surface area contributed by atoms with E-state index in [1.807, 2.05) is 18.2 Å². The number of methoxy groups -OCH3 is 1. The second kappa shape index (κ2) is 9.05. The molecule has 0 radical (unpaired) electrons. The summed E-state index contributed by atoms with van der Waals surface area (Å²) in [7, 11) is 1.61. The Morgan fingerprint density at radius 1 is 1.13 bits per heavy atom. The molecule has 0 saturated carbocycles. The highest BCUT2D eigenvalue weighted by Gasteiger charge is 2.12. The van der Waals surface area contributed by atoms with Gasteiger partial charge in [0, 0.05) is 21.8 Å². The molecule has 4 rings (SSSR count). The van der Waals surface area contributed by atoms with E-state index in [-0.39, 0.29) is 11.0 Å². The van der Waals surface area contributed by atoms with E-state index in [0.717, 1.165) is 15.8 Å². The number of oxazole rings is 1. The number of hydrogen-bond donors (Lipinski definition) is 2. The SMILES string of the molecule is COc1ccc(-c2nc3cc(NC(=S)NC(=O)c4ccc(Cl)cc4)ccc3o2)cc1Br. The number of benzene rings is 3. The fourth-order valence-electron chi connectivity index (χ4n) is 2.87. The molecular formula is C22H15BrClN3O3S. The van der Waals surface area contributed by atoms with Crippen LogP contribution in [-0.4, -0.2) is 23.1 Å². The van der Waals surface area contributed by atoms with Crippen molar-refractivity contribution < 1.29 is 13.9 Å². The maximum Gasteiger partial charge on any atom is 0.257 e. The second-order valence-corrected chi connectivity index (χ2v) is 8.17. The van der Waals surface area contributed by atoms with Gasteiger partial charge in [0.2, 0.25) is 5.89 Å². The Bertz CT molecular complexity index is 1290. The van der Waals surface area contributed by atoms with E-state index >= 15 is 0 Å². The molecule has 6 nitrogen and oxygen atoms in total. The van der Waals surface area contributed by atoms with E-state index in [4.69, 9.17) is 33.0 Å². The molecule has 0 aliphatic carbocycles. The number of amides is 1. The second-order valence-electron chi connectivity index (χ2n) is 6.47. The summed E-state index contributed by atoms with van der Waals surface area (Å²) in [5.74, 6) is 0.874. The van der Waals surface area contributed by atoms with Gasteiger partial charge in [-0.15, -0.1) is 0 Å². The number of carbonyl (C=O) groups excluding carboxylic acids is 1. The van der Waals surface area contributed by atoms with Gasteiger partial charge in [-0.25, -0.2) is 4.98 Å². The number of halogens is 2. The average molecular weight is 517 g/mol. The predicted molar refractivity (Wildman–Crippen MR) is 129 cm³/mol. The lowest BCUT2D eigenvalue weighted by atomic mass is 10.2. The predicted octanol–water partition coefficient (Wildman–Crippen LogP) is 6.05. The number of rotatable bonds is 4. The van der Waals surface area contributed by atoms with Gasteiger partial charge in [0.25, 0.3) is 5.91 Å². The van der Waals surface area contributed by atoms with Crippen molar-refractivity contribution in [3.8, 4) is 17.2 Å². The van der Waals surface area contributed by atoms with E-state index in [0.29, 0.717) is 33.3 Å². The maximum absolute atomic E-state index is 12.3. The van der Waals surface area contributed by atoms with Gasteiger partial charge in [-0.05, 0) is 88.8 Å². The Morgan fingerprint density at radius 2 is 1.90 bits per heavy atom. The summed E-state index contributed by atoms with van der Waals surface area (Å²) in [6, 6.07) is 17.5. The summed E-state index contributed by atoms with van der Waals surface area (Å²) in [5, 5.41) is 6.35. The van der Waals surface area contributed by atoms with Crippen molar-refractivity contribution in [2.24, 2.45) is 0 Å². The van der Waals surface area contributed by atoms with E-state index in [1.165, 1.54) is 0 Å². The molecule has 0 bridgehead atoms. The van der Waals surface area contributed by atoms with E-state index in [2.05, 4.69) is 31.5 Å². The average Bonchev–Trinajstić information content (AvgIpc) is 3.17. The molecule has 0 spiro atoms. The smallest absolute Gasteiger partial charge is 0.257 e.